The van der Waals surface area contributed by atoms with Crippen LogP contribution >= 0.6 is 0 Å². The van der Waals surface area contributed by atoms with Crippen LogP contribution in [0.25, 0.3) is 0 Å². The van der Waals surface area contributed by atoms with Crippen molar-refractivity contribution in [2.75, 3.05) is 33.3 Å². The lowest BCUT2D eigenvalue weighted by atomic mass is 9.78. The van der Waals surface area contributed by atoms with Gasteiger partial charge in [-0.2, -0.15) is 26.3 Å². The van der Waals surface area contributed by atoms with Crippen molar-refractivity contribution in [2.45, 2.75) is 38.2 Å². The molecular weight excluding hydrogens is 535 g/mol. The molecule has 1 fully saturated rings. The largest absolute Gasteiger partial charge is 0.416 e. The smallest absolute Gasteiger partial charge is 0.395 e. The number of aryl methyl sites for hydroxylation is 1. The number of piperidine rings is 1. The van der Waals surface area contributed by atoms with Crippen LogP contribution in [-0.2, 0) is 23.7 Å². The fourth-order valence-corrected chi connectivity index (χ4v) is 4.82. The monoisotopic (exact) mass is 563 g/mol. The third-order valence-corrected chi connectivity index (χ3v) is 6.68. The minimum atomic E-state index is -5.02. The number of amides is 3. The van der Waals surface area contributed by atoms with Gasteiger partial charge in [-0.15, -0.1) is 0 Å². The maximum Gasteiger partial charge on any atom is 0.416 e. The molecule has 0 aliphatic carbocycles. The predicted molar refractivity (Wildman–Crippen MR) is 127 cm³/mol. The summed E-state index contributed by atoms with van der Waals surface area (Å²) in [6, 6.07) is 4.68. The quantitative estimate of drug-likeness (QED) is 0.490. The van der Waals surface area contributed by atoms with Crippen LogP contribution in [0.5, 0.6) is 0 Å². The number of alkyl halides is 6. The van der Waals surface area contributed by atoms with Crippen molar-refractivity contribution < 1.29 is 45.4 Å². The normalized spacial score (nSPS) is 18.2. The molecule has 0 aromatic heterocycles. The van der Waals surface area contributed by atoms with Crippen molar-refractivity contribution >= 4 is 11.9 Å². The Kier molecular flexibility index (Phi) is 9.14. The molecule has 0 unspecified atom stereocenters. The van der Waals surface area contributed by atoms with Crippen LogP contribution in [-0.4, -0.2) is 60.1 Å². The van der Waals surface area contributed by atoms with Crippen molar-refractivity contribution in [1.29, 1.82) is 0 Å². The van der Waals surface area contributed by atoms with Gasteiger partial charge in [-0.1, -0.05) is 6.07 Å². The summed E-state index contributed by atoms with van der Waals surface area (Å²) in [5.41, 5.74) is -2.19. The zero-order valence-corrected chi connectivity index (χ0v) is 21.2. The lowest BCUT2D eigenvalue weighted by molar-refractivity contribution is -0.143. The van der Waals surface area contributed by atoms with E-state index in [4.69, 9.17) is 5.11 Å². The zero-order valence-electron chi connectivity index (χ0n) is 21.2. The first-order valence-electron chi connectivity index (χ1n) is 12.0. The molecule has 2 N–H and O–H groups in total. The number of hydrogen-bond donors (Lipinski definition) is 2. The summed E-state index contributed by atoms with van der Waals surface area (Å²) in [4.78, 5) is 28.5. The van der Waals surface area contributed by atoms with Crippen LogP contribution in [0.1, 0.15) is 40.2 Å². The van der Waals surface area contributed by atoms with Gasteiger partial charge in [0.25, 0.3) is 0 Å². The topological polar surface area (TPSA) is 72.9 Å². The number of hydrogen-bond acceptors (Lipinski definition) is 3. The molecule has 1 saturated heterocycles. The first kappa shape index (κ1) is 30.2. The highest BCUT2D eigenvalue weighted by molar-refractivity contribution is 5.81. The van der Waals surface area contributed by atoms with Crippen molar-refractivity contribution in [3.05, 3.63) is 70.0 Å². The SMILES string of the molecule is Cc1cc(F)ccc1[C@H]1CN(C(=O)NCCO)CC[C@@H]1C(=O)N(C)Cc1cc(C(F)(F)F)cc(C(F)(F)F)c1. The Balaban J connectivity index is 1.90. The Bertz CT molecular complexity index is 1170. The molecule has 0 bridgehead atoms. The molecule has 6 nitrogen and oxygen atoms in total. The van der Waals surface area contributed by atoms with E-state index in [0.717, 1.165) is 4.90 Å². The van der Waals surface area contributed by atoms with Gasteiger partial charge in [-0.3, -0.25) is 4.79 Å². The van der Waals surface area contributed by atoms with Gasteiger partial charge in [0.05, 0.1) is 17.7 Å². The minimum absolute atomic E-state index is 0.0115. The molecule has 0 radical (unpaired) electrons. The molecule has 3 amide bonds. The summed E-state index contributed by atoms with van der Waals surface area (Å²) in [7, 11) is 1.28. The second-order valence-electron chi connectivity index (χ2n) is 9.51. The molecule has 2 aromatic carbocycles. The number of urea groups is 1. The number of carbonyl (C=O) groups excluding carboxylic acids is 2. The van der Waals surface area contributed by atoms with Crippen LogP contribution in [0.4, 0.5) is 35.5 Å². The molecule has 1 heterocycles. The van der Waals surface area contributed by atoms with E-state index in [2.05, 4.69) is 5.32 Å². The van der Waals surface area contributed by atoms with E-state index in [9.17, 15) is 40.3 Å². The van der Waals surface area contributed by atoms with Gasteiger partial charge < -0.3 is 20.2 Å². The minimum Gasteiger partial charge on any atom is -0.395 e. The summed E-state index contributed by atoms with van der Waals surface area (Å²) in [6.45, 7) is 1.04. The van der Waals surface area contributed by atoms with Gasteiger partial charge in [0.2, 0.25) is 5.91 Å². The third-order valence-electron chi connectivity index (χ3n) is 6.68. The Hall–Kier alpha value is -3.35. The standard InChI is InChI=1S/C26H28F7N3O3/c1-15-9-19(27)3-4-20(15)22-14-36(24(39)34-6-8-37)7-5-21(22)23(38)35(2)13-16-10-17(25(28,29)30)12-18(11-16)26(31,32)33/h3-4,9-12,21-22,37H,5-8,13-14H2,1-2H3,(H,34,39)/t21-,22+/m0/s1. The number of benzene rings is 2. The number of halogens is 7. The maximum absolute atomic E-state index is 13.8. The van der Waals surface area contributed by atoms with E-state index in [0.29, 0.717) is 23.3 Å². The molecule has 1 aliphatic heterocycles. The number of aliphatic hydroxyl groups is 1. The van der Waals surface area contributed by atoms with Crippen molar-refractivity contribution in [3.8, 4) is 0 Å². The fourth-order valence-electron chi connectivity index (χ4n) is 4.82. The highest BCUT2D eigenvalue weighted by Gasteiger charge is 2.40. The van der Waals surface area contributed by atoms with Crippen molar-refractivity contribution in [2.24, 2.45) is 5.92 Å². The molecule has 3 rings (SSSR count). The van der Waals surface area contributed by atoms with E-state index in [1.807, 2.05) is 0 Å². The average molecular weight is 564 g/mol. The molecule has 2 aromatic rings. The molecule has 0 spiro atoms. The van der Waals surface area contributed by atoms with Gasteiger partial charge in [0.15, 0.2) is 0 Å². The Morgan fingerprint density at radius 1 is 1.05 bits per heavy atom. The van der Waals surface area contributed by atoms with E-state index >= 15 is 0 Å². The van der Waals surface area contributed by atoms with Crippen molar-refractivity contribution in [1.82, 2.24) is 15.1 Å². The highest BCUT2D eigenvalue weighted by atomic mass is 19.4. The van der Waals surface area contributed by atoms with Gasteiger partial charge in [-0.25, -0.2) is 9.18 Å². The summed E-state index contributed by atoms with van der Waals surface area (Å²) < 4.78 is 93.5. The second kappa shape index (κ2) is 11.8. The average Bonchev–Trinajstić information content (AvgIpc) is 2.85. The van der Waals surface area contributed by atoms with Crippen LogP contribution in [0.15, 0.2) is 36.4 Å². The molecule has 13 heteroatoms. The first-order valence-corrected chi connectivity index (χ1v) is 12.0. The lowest BCUT2D eigenvalue weighted by Gasteiger charge is -2.40. The Morgan fingerprint density at radius 2 is 1.67 bits per heavy atom. The van der Waals surface area contributed by atoms with Gasteiger partial charge in [-0.05, 0) is 60.4 Å². The molecule has 0 saturated carbocycles. The number of rotatable bonds is 6. The summed E-state index contributed by atoms with van der Waals surface area (Å²) in [5, 5.41) is 11.5. The van der Waals surface area contributed by atoms with Crippen LogP contribution < -0.4 is 5.32 Å². The van der Waals surface area contributed by atoms with Crippen LogP contribution in [0.3, 0.4) is 0 Å². The Labute approximate surface area is 220 Å². The van der Waals surface area contributed by atoms with Crippen molar-refractivity contribution in [3.63, 3.8) is 0 Å². The Morgan fingerprint density at radius 3 is 2.21 bits per heavy atom. The number of nitrogens with one attached hydrogen (secondary N) is 1. The first-order chi connectivity index (χ1) is 18.1. The maximum atomic E-state index is 13.8. The van der Waals surface area contributed by atoms with E-state index in [1.165, 1.54) is 30.1 Å². The lowest BCUT2D eigenvalue weighted by Crippen LogP contribution is -2.50. The highest BCUT2D eigenvalue weighted by Crippen LogP contribution is 2.38. The third kappa shape index (κ3) is 7.40. The molecular formula is C26H28F7N3O3. The van der Waals surface area contributed by atoms with Crippen LogP contribution in [0.2, 0.25) is 0 Å². The number of nitrogens with zero attached hydrogens (tertiary/aromatic N) is 2. The summed E-state index contributed by atoms with van der Waals surface area (Å²) >= 11 is 0. The summed E-state index contributed by atoms with van der Waals surface area (Å²) in [5.74, 6) is -2.45. The number of likely N-dealkylation sites (tertiary alicyclic amines) is 1. The van der Waals surface area contributed by atoms with E-state index in [-0.39, 0.29) is 44.3 Å². The van der Waals surface area contributed by atoms with Gasteiger partial charge in [0, 0.05) is 45.1 Å². The predicted octanol–water partition coefficient (Wildman–Crippen LogP) is 4.94. The van der Waals surface area contributed by atoms with Gasteiger partial charge in [0.1, 0.15) is 5.82 Å². The number of aliphatic hydroxyl groups excluding tert-OH is 1. The van der Waals surface area contributed by atoms with Gasteiger partial charge >= 0.3 is 18.4 Å². The number of carbonyl (C=O) groups is 2. The summed E-state index contributed by atoms with van der Waals surface area (Å²) in [6.07, 6.45) is -9.89. The molecule has 1 aliphatic rings. The van der Waals surface area contributed by atoms with E-state index in [1.54, 1.807) is 6.92 Å². The van der Waals surface area contributed by atoms with E-state index < -0.39 is 59.6 Å². The fraction of sp³-hybridized carbons (Fsp3) is 0.462. The molecule has 214 valence electrons. The second-order valence-corrected chi connectivity index (χ2v) is 9.51. The van der Waals surface area contributed by atoms with Crippen LogP contribution in [0, 0.1) is 18.7 Å². The zero-order chi connectivity index (χ0) is 29.1. The molecule has 39 heavy (non-hydrogen) atoms. The molecule has 2 atom stereocenters.